The average molecular weight is 415 g/mol. The Kier molecular flexibility index (Phi) is 7.06. The number of carbonyl (C=O) groups is 1. The first-order chi connectivity index (χ1) is 12.2. The van der Waals surface area contributed by atoms with Crippen molar-refractivity contribution in [2.24, 2.45) is 5.92 Å². The predicted octanol–water partition coefficient (Wildman–Crippen LogP) is 3.61. The molecule has 26 heavy (non-hydrogen) atoms. The van der Waals surface area contributed by atoms with Crippen molar-refractivity contribution in [3.05, 3.63) is 64.1 Å². The van der Waals surface area contributed by atoms with Gasteiger partial charge in [0.25, 0.3) is 0 Å². The quantitative estimate of drug-likeness (QED) is 0.726. The Bertz CT molecular complexity index is 886. The molecule has 5 nitrogen and oxygen atoms in total. The molecule has 2 aromatic carbocycles. The van der Waals surface area contributed by atoms with Crippen molar-refractivity contribution >= 4 is 39.1 Å². The summed E-state index contributed by atoms with van der Waals surface area (Å²) >= 11 is 11.9. The molecule has 0 spiro atoms. The minimum Gasteiger partial charge on any atom is -0.351 e. The van der Waals surface area contributed by atoms with Crippen LogP contribution in [0.25, 0.3) is 0 Å². The van der Waals surface area contributed by atoms with Crippen molar-refractivity contribution in [1.82, 2.24) is 10.0 Å². The number of hydrogen-bond acceptors (Lipinski definition) is 3. The molecule has 0 aliphatic carbocycles. The molecule has 2 N–H and O–H groups in total. The minimum atomic E-state index is -3.88. The van der Waals surface area contributed by atoms with Gasteiger partial charge in [0.2, 0.25) is 15.9 Å². The third-order valence-electron chi connectivity index (χ3n) is 3.75. The van der Waals surface area contributed by atoms with E-state index in [1.165, 1.54) is 12.1 Å². The van der Waals surface area contributed by atoms with Gasteiger partial charge in [-0.2, -0.15) is 4.72 Å². The SMILES string of the molecule is CC(C)[C@H](NS(=O)(=O)c1cccc(Cl)c1)C(=O)NCc1ccccc1Cl. The average Bonchev–Trinajstić information content (AvgIpc) is 2.58. The summed E-state index contributed by atoms with van der Waals surface area (Å²) in [5.41, 5.74) is 0.753. The zero-order valence-electron chi connectivity index (χ0n) is 14.4. The highest BCUT2D eigenvalue weighted by Crippen LogP contribution is 2.17. The van der Waals surface area contributed by atoms with Gasteiger partial charge in [-0.25, -0.2) is 8.42 Å². The van der Waals surface area contributed by atoms with Gasteiger partial charge in [0.15, 0.2) is 0 Å². The first kappa shape index (κ1) is 20.7. The second-order valence-electron chi connectivity index (χ2n) is 6.11. The Morgan fingerprint density at radius 2 is 1.77 bits per heavy atom. The zero-order chi connectivity index (χ0) is 19.3. The summed E-state index contributed by atoms with van der Waals surface area (Å²) in [6, 6.07) is 12.1. The second-order valence-corrected chi connectivity index (χ2v) is 8.67. The molecular formula is C18H20Cl2N2O3S. The lowest BCUT2D eigenvalue weighted by Crippen LogP contribution is -2.49. The van der Waals surface area contributed by atoms with Crippen LogP contribution in [0.15, 0.2) is 53.4 Å². The molecule has 0 unspecified atom stereocenters. The maximum Gasteiger partial charge on any atom is 0.241 e. The Morgan fingerprint density at radius 1 is 1.08 bits per heavy atom. The molecule has 0 saturated heterocycles. The van der Waals surface area contributed by atoms with E-state index in [1.807, 2.05) is 6.07 Å². The van der Waals surface area contributed by atoms with Crippen molar-refractivity contribution < 1.29 is 13.2 Å². The molecule has 0 aliphatic heterocycles. The van der Waals surface area contributed by atoms with Crippen molar-refractivity contribution in [3.63, 3.8) is 0 Å². The summed E-state index contributed by atoms with van der Waals surface area (Å²) in [6.45, 7) is 3.74. The first-order valence-electron chi connectivity index (χ1n) is 7.99. The van der Waals surface area contributed by atoms with Crippen LogP contribution in [0.4, 0.5) is 0 Å². The lowest BCUT2D eigenvalue weighted by atomic mass is 10.0. The first-order valence-corrected chi connectivity index (χ1v) is 10.2. The molecule has 0 radical (unpaired) electrons. The van der Waals surface area contributed by atoms with Gasteiger partial charge in [0, 0.05) is 16.6 Å². The van der Waals surface area contributed by atoms with Gasteiger partial charge >= 0.3 is 0 Å². The zero-order valence-corrected chi connectivity index (χ0v) is 16.7. The highest BCUT2D eigenvalue weighted by molar-refractivity contribution is 7.89. The van der Waals surface area contributed by atoms with Gasteiger partial charge in [-0.05, 0) is 35.7 Å². The molecule has 1 atom stereocenters. The van der Waals surface area contributed by atoms with Crippen molar-refractivity contribution in [2.75, 3.05) is 0 Å². The summed E-state index contributed by atoms with van der Waals surface area (Å²) in [4.78, 5) is 12.5. The number of hydrogen-bond donors (Lipinski definition) is 2. The van der Waals surface area contributed by atoms with E-state index in [4.69, 9.17) is 23.2 Å². The van der Waals surface area contributed by atoms with Gasteiger partial charge in [-0.3, -0.25) is 4.79 Å². The number of sulfonamides is 1. The van der Waals surface area contributed by atoms with E-state index >= 15 is 0 Å². The summed E-state index contributed by atoms with van der Waals surface area (Å²) in [6.07, 6.45) is 0. The number of benzene rings is 2. The standard InChI is InChI=1S/C18H20Cl2N2O3S/c1-12(2)17(18(23)21-11-13-6-3-4-9-16(13)20)22-26(24,25)15-8-5-7-14(19)10-15/h3-10,12,17,22H,11H2,1-2H3,(H,21,23)/t17-/m0/s1. The molecule has 0 bridgehead atoms. The van der Waals surface area contributed by atoms with E-state index in [9.17, 15) is 13.2 Å². The molecule has 0 saturated carbocycles. The van der Waals surface area contributed by atoms with Crippen LogP contribution >= 0.6 is 23.2 Å². The van der Waals surface area contributed by atoms with Crippen LogP contribution in [0.1, 0.15) is 19.4 Å². The molecule has 0 heterocycles. The largest absolute Gasteiger partial charge is 0.351 e. The molecule has 1 amide bonds. The van der Waals surface area contributed by atoms with Crippen LogP contribution in [0.3, 0.4) is 0 Å². The van der Waals surface area contributed by atoms with E-state index in [-0.39, 0.29) is 17.4 Å². The van der Waals surface area contributed by atoms with E-state index < -0.39 is 22.0 Å². The monoisotopic (exact) mass is 414 g/mol. The normalized spacial score (nSPS) is 12.8. The fraction of sp³-hybridized carbons (Fsp3) is 0.278. The fourth-order valence-corrected chi connectivity index (χ4v) is 4.14. The Morgan fingerprint density at radius 3 is 2.38 bits per heavy atom. The van der Waals surface area contributed by atoms with E-state index in [0.717, 1.165) is 5.56 Å². The van der Waals surface area contributed by atoms with Crippen LogP contribution in [0.2, 0.25) is 10.0 Å². The minimum absolute atomic E-state index is 0.00885. The number of nitrogens with one attached hydrogen (secondary N) is 2. The van der Waals surface area contributed by atoms with Gasteiger partial charge in [0.1, 0.15) is 6.04 Å². The van der Waals surface area contributed by atoms with Crippen molar-refractivity contribution in [3.8, 4) is 0 Å². The summed E-state index contributed by atoms with van der Waals surface area (Å²) in [5.74, 6) is -0.680. The van der Waals surface area contributed by atoms with Crippen molar-refractivity contribution in [1.29, 1.82) is 0 Å². The number of amides is 1. The lowest BCUT2D eigenvalue weighted by molar-refractivity contribution is -0.123. The highest BCUT2D eigenvalue weighted by atomic mass is 35.5. The lowest BCUT2D eigenvalue weighted by Gasteiger charge is -2.22. The maximum absolute atomic E-state index is 12.6. The molecule has 140 valence electrons. The van der Waals surface area contributed by atoms with Crippen LogP contribution in [0.5, 0.6) is 0 Å². The van der Waals surface area contributed by atoms with E-state index in [2.05, 4.69) is 10.0 Å². The molecular weight excluding hydrogens is 395 g/mol. The number of halogens is 2. The third-order valence-corrected chi connectivity index (χ3v) is 5.79. The van der Waals surface area contributed by atoms with Crippen LogP contribution in [-0.2, 0) is 21.4 Å². The van der Waals surface area contributed by atoms with Gasteiger partial charge in [-0.15, -0.1) is 0 Å². The Labute approximate surface area is 163 Å². The maximum atomic E-state index is 12.6. The third kappa shape index (κ3) is 5.45. The number of carbonyl (C=O) groups excluding carboxylic acids is 1. The van der Waals surface area contributed by atoms with Crippen LogP contribution < -0.4 is 10.0 Å². The molecule has 0 aliphatic rings. The van der Waals surface area contributed by atoms with Crippen LogP contribution in [-0.4, -0.2) is 20.4 Å². The van der Waals surface area contributed by atoms with E-state index in [1.54, 1.807) is 44.2 Å². The molecule has 2 rings (SSSR count). The molecule has 0 fully saturated rings. The Balaban J connectivity index is 2.13. The summed E-state index contributed by atoms with van der Waals surface area (Å²) in [5, 5.41) is 3.57. The summed E-state index contributed by atoms with van der Waals surface area (Å²) < 4.78 is 27.6. The van der Waals surface area contributed by atoms with Gasteiger partial charge in [0.05, 0.1) is 4.90 Å². The smallest absolute Gasteiger partial charge is 0.241 e. The highest BCUT2D eigenvalue weighted by Gasteiger charge is 2.28. The summed E-state index contributed by atoms with van der Waals surface area (Å²) in [7, 11) is -3.88. The van der Waals surface area contributed by atoms with Gasteiger partial charge < -0.3 is 5.32 Å². The van der Waals surface area contributed by atoms with Gasteiger partial charge in [-0.1, -0.05) is 61.3 Å². The van der Waals surface area contributed by atoms with E-state index in [0.29, 0.717) is 10.0 Å². The Hall–Kier alpha value is -1.60. The second kappa shape index (κ2) is 8.86. The van der Waals surface area contributed by atoms with Crippen LogP contribution in [0, 0.1) is 5.92 Å². The molecule has 0 aromatic heterocycles. The fourth-order valence-electron chi connectivity index (χ4n) is 2.30. The topological polar surface area (TPSA) is 75.3 Å². The van der Waals surface area contributed by atoms with Crippen molar-refractivity contribution in [2.45, 2.75) is 31.3 Å². The molecule has 2 aromatic rings. The number of rotatable bonds is 7. The predicted molar refractivity (Wildman–Crippen MR) is 104 cm³/mol. The molecule has 8 heteroatoms.